The number of hydrogen-bond donors (Lipinski definition) is 0. The summed E-state index contributed by atoms with van der Waals surface area (Å²) in [6.07, 6.45) is 1.70. The van der Waals surface area contributed by atoms with Gasteiger partial charge in [-0.2, -0.15) is 5.26 Å². The van der Waals surface area contributed by atoms with Crippen LogP contribution in [0.3, 0.4) is 0 Å². The van der Waals surface area contributed by atoms with Gasteiger partial charge in [-0.05, 0) is 59.2 Å². The van der Waals surface area contributed by atoms with E-state index in [1.807, 2.05) is 42.5 Å². The van der Waals surface area contributed by atoms with Gasteiger partial charge in [-0.25, -0.2) is 0 Å². The molecule has 1 heterocycles. The van der Waals surface area contributed by atoms with Crippen molar-refractivity contribution in [2.24, 2.45) is 0 Å². The standard InChI is InChI=1S/C24H16N2O3/c1-16-12-21(26(27)28)8-10-23(16)24-11-9-22(29-24)14-20(15-25)19-7-6-17-4-2-3-5-18(17)13-19/h2-14H,1H3/b20-14+. The topological polar surface area (TPSA) is 80.1 Å². The number of nitro benzene ring substituents is 1. The van der Waals surface area contributed by atoms with E-state index in [9.17, 15) is 15.4 Å². The SMILES string of the molecule is Cc1cc([N+](=O)[O-])ccc1-c1ccc(/C=C(\C#N)c2ccc3ccccc3c2)o1. The largest absolute Gasteiger partial charge is 0.457 e. The molecule has 5 heteroatoms. The Kier molecular flexibility index (Phi) is 4.68. The first-order chi connectivity index (χ1) is 14.0. The predicted molar refractivity (Wildman–Crippen MR) is 113 cm³/mol. The van der Waals surface area contributed by atoms with E-state index >= 15 is 0 Å². The molecule has 3 aromatic carbocycles. The Morgan fingerprint density at radius 1 is 1.03 bits per heavy atom. The van der Waals surface area contributed by atoms with Crippen LogP contribution in [0.25, 0.3) is 33.7 Å². The van der Waals surface area contributed by atoms with Gasteiger partial charge in [-0.15, -0.1) is 0 Å². The number of nitro groups is 1. The molecule has 0 aliphatic carbocycles. The zero-order valence-electron chi connectivity index (χ0n) is 15.6. The van der Waals surface area contributed by atoms with E-state index in [0.717, 1.165) is 27.5 Å². The molecule has 0 N–H and O–H groups in total. The number of benzene rings is 3. The molecule has 0 unspecified atom stereocenters. The number of fused-ring (bicyclic) bond motifs is 1. The summed E-state index contributed by atoms with van der Waals surface area (Å²) in [5.41, 5.74) is 2.88. The fourth-order valence-corrected chi connectivity index (χ4v) is 3.29. The molecule has 0 spiro atoms. The average Bonchev–Trinajstić information content (AvgIpc) is 3.19. The van der Waals surface area contributed by atoms with Crippen LogP contribution in [0, 0.1) is 28.4 Å². The Hall–Kier alpha value is -4.17. The lowest BCUT2D eigenvalue weighted by Crippen LogP contribution is -1.89. The molecule has 0 atom stereocenters. The zero-order valence-corrected chi connectivity index (χ0v) is 15.6. The minimum Gasteiger partial charge on any atom is -0.457 e. The molecule has 0 saturated carbocycles. The third-order valence-corrected chi connectivity index (χ3v) is 4.78. The molecular formula is C24H16N2O3. The van der Waals surface area contributed by atoms with Gasteiger partial charge in [0.25, 0.3) is 5.69 Å². The summed E-state index contributed by atoms with van der Waals surface area (Å²) in [5.74, 6) is 1.14. The number of non-ortho nitro benzene ring substituents is 1. The number of nitriles is 1. The third-order valence-electron chi connectivity index (χ3n) is 4.78. The number of hydrogen-bond acceptors (Lipinski definition) is 4. The van der Waals surface area contributed by atoms with Crippen LogP contribution in [0.4, 0.5) is 5.69 Å². The maximum Gasteiger partial charge on any atom is 0.269 e. The molecule has 4 rings (SSSR count). The summed E-state index contributed by atoms with van der Waals surface area (Å²) in [6, 6.07) is 24.3. The first-order valence-corrected chi connectivity index (χ1v) is 9.01. The molecule has 0 radical (unpaired) electrons. The van der Waals surface area contributed by atoms with E-state index < -0.39 is 4.92 Å². The Morgan fingerprint density at radius 2 is 1.83 bits per heavy atom. The Balaban J connectivity index is 1.68. The fourth-order valence-electron chi connectivity index (χ4n) is 3.29. The van der Waals surface area contributed by atoms with E-state index in [4.69, 9.17) is 4.42 Å². The highest BCUT2D eigenvalue weighted by Gasteiger charge is 2.12. The third kappa shape index (κ3) is 3.64. The van der Waals surface area contributed by atoms with Crippen LogP contribution in [0.2, 0.25) is 0 Å². The highest BCUT2D eigenvalue weighted by atomic mass is 16.6. The molecule has 29 heavy (non-hydrogen) atoms. The summed E-state index contributed by atoms with van der Waals surface area (Å²) in [4.78, 5) is 10.5. The zero-order chi connectivity index (χ0) is 20.4. The highest BCUT2D eigenvalue weighted by Crippen LogP contribution is 2.30. The molecular weight excluding hydrogens is 364 g/mol. The van der Waals surface area contributed by atoms with Crippen LogP contribution in [0.1, 0.15) is 16.9 Å². The van der Waals surface area contributed by atoms with Crippen LogP contribution < -0.4 is 0 Å². The van der Waals surface area contributed by atoms with Crippen molar-refractivity contribution >= 4 is 28.1 Å². The molecule has 0 bridgehead atoms. The summed E-state index contributed by atoms with van der Waals surface area (Å²) < 4.78 is 5.89. The van der Waals surface area contributed by atoms with E-state index in [1.165, 1.54) is 12.1 Å². The second kappa shape index (κ2) is 7.45. The van der Waals surface area contributed by atoms with Gasteiger partial charge in [0.1, 0.15) is 11.5 Å². The quantitative estimate of drug-likeness (QED) is 0.234. The lowest BCUT2D eigenvalue weighted by Gasteiger charge is -2.03. The first kappa shape index (κ1) is 18.2. The summed E-state index contributed by atoms with van der Waals surface area (Å²) in [6.45, 7) is 1.80. The number of furan rings is 1. The van der Waals surface area contributed by atoms with Gasteiger partial charge < -0.3 is 4.42 Å². The van der Waals surface area contributed by atoms with Crippen molar-refractivity contribution < 1.29 is 9.34 Å². The van der Waals surface area contributed by atoms with Crippen molar-refractivity contribution in [1.29, 1.82) is 5.26 Å². The second-order valence-electron chi connectivity index (χ2n) is 6.69. The van der Waals surface area contributed by atoms with Crippen LogP contribution >= 0.6 is 0 Å². The molecule has 0 aliphatic rings. The van der Waals surface area contributed by atoms with Crippen molar-refractivity contribution in [3.05, 3.63) is 99.8 Å². The molecule has 0 amide bonds. The van der Waals surface area contributed by atoms with Crippen molar-refractivity contribution in [2.75, 3.05) is 0 Å². The van der Waals surface area contributed by atoms with E-state index in [1.54, 1.807) is 31.2 Å². The predicted octanol–water partition coefficient (Wildman–Crippen LogP) is 6.38. The minimum atomic E-state index is -0.421. The van der Waals surface area contributed by atoms with E-state index in [2.05, 4.69) is 6.07 Å². The Morgan fingerprint density at radius 3 is 2.55 bits per heavy atom. The van der Waals surface area contributed by atoms with Crippen LogP contribution in [0.5, 0.6) is 0 Å². The first-order valence-electron chi connectivity index (χ1n) is 9.01. The summed E-state index contributed by atoms with van der Waals surface area (Å²) >= 11 is 0. The molecule has 140 valence electrons. The van der Waals surface area contributed by atoms with Gasteiger partial charge in [0.05, 0.1) is 16.6 Å². The lowest BCUT2D eigenvalue weighted by molar-refractivity contribution is -0.384. The minimum absolute atomic E-state index is 0.0426. The summed E-state index contributed by atoms with van der Waals surface area (Å²) in [5, 5.41) is 22.7. The van der Waals surface area contributed by atoms with Crippen LogP contribution in [0.15, 0.2) is 77.2 Å². The smallest absolute Gasteiger partial charge is 0.269 e. The molecule has 0 aliphatic heterocycles. The van der Waals surface area contributed by atoms with Crippen LogP contribution in [-0.4, -0.2) is 4.92 Å². The maximum absolute atomic E-state index is 10.9. The monoisotopic (exact) mass is 380 g/mol. The molecule has 1 aromatic heterocycles. The summed E-state index contributed by atoms with van der Waals surface area (Å²) in [7, 11) is 0. The van der Waals surface area contributed by atoms with Crippen LogP contribution in [-0.2, 0) is 0 Å². The Labute approximate surface area is 167 Å². The highest BCUT2D eigenvalue weighted by molar-refractivity contribution is 5.93. The van der Waals surface area contributed by atoms with E-state index in [-0.39, 0.29) is 5.69 Å². The van der Waals surface area contributed by atoms with Gasteiger partial charge in [-0.1, -0.05) is 36.4 Å². The van der Waals surface area contributed by atoms with Gasteiger partial charge in [0, 0.05) is 17.7 Å². The van der Waals surface area contributed by atoms with Crippen molar-refractivity contribution in [3.8, 4) is 17.4 Å². The van der Waals surface area contributed by atoms with Gasteiger partial charge in [0.15, 0.2) is 0 Å². The average molecular weight is 380 g/mol. The van der Waals surface area contributed by atoms with Gasteiger partial charge in [0.2, 0.25) is 0 Å². The van der Waals surface area contributed by atoms with E-state index in [0.29, 0.717) is 17.1 Å². The number of allylic oxidation sites excluding steroid dienone is 1. The fraction of sp³-hybridized carbons (Fsp3) is 0.0417. The lowest BCUT2D eigenvalue weighted by atomic mass is 10.0. The second-order valence-corrected chi connectivity index (χ2v) is 6.69. The van der Waals surface area contributed by atoms with Crippen molar-refractivity contribution in [2.45, 2.75) is 6.92 Å². The molecule has 5 nitrogen and oxygen atoms in total. The molecule has 0 fully saturated rings. The van der Waals surface area contributed by atoms with Crippen molar-refractivity contribution in [1.82, 2.24) is 0 Å². The van der Waals surface area contributed by atoms with Crippen molar-refractivity contribution in [3.63, 3.8) is 0 Å². The van der Waals surface area contributed by atoms with Gasteiger partial charge >= 0.3 is 0 Å². The maximum atomic E-state index is 10.9. The number of aryl methyl sites for hydroxylation is 1. The molecule has 4 aromatic rings. The normalized spacial score (nSPS) is 11.4. The number of rotatable bonds is 4. The number of nitrogens with zero attached hydrogens (tertiary/aromatic N) is 2. The molecule has 0 saturated heterocycles. The Bertz CT molecular complexity index is 1310. The van der Waals surface area contributed by atoms with Gasteiger partial charge in [-0.3, -0.25) is 10.1 Å².